The van der Waals surface area contributed by atoms with Gasteiger partial charge in [-0.25, -0.2) is 4.39 Å². The normalized spacial score (nSPS) is 31.2. The van der Waals surface area contributed by atoms with Crippen molar-refractivity contribution in [1.29, 1.82) is 0 Å². The molecular formula is C18H27FN2O3. The third-order valence-corrected chi connectivity index (χ3v) is 5.30. The van der Waals surface area contributed by atoms with Crippen molar-refractivity contribution < 1.29 is 19.7 Å². The van der Waals surface area contributed by atoms with Gasteiger partial charge in [0.1, 0.15) is 11.8 Å². The summed E-state index contributed by atoms with van der Waals surface area (Å²) in [6.45, 7) is 3.96. The summed E-state index contributed by atoms with van der Waals surface area (Å²) in [5.74, 6) is 0. The van der Waals surface area contributed by atoms with E-state index in [0.717, 1.165) is 5.69 Å². The van der Waals surface area contributed by atoms with Crippen LogP contribution in [0.2, 0.25) is 0 Å². The van der Waals surface area contributed by atoms with Gasteiger partial charge in [0.05, 0.1) is 12.2 Å². The molecule has 2 saturated heterocycles. The predicted octanol–water partition coefficient (Wildman–Crippen LogP) is 0.702. The van der Waals surface area contributed by atoms with Gasteiger partial charge >= 0.3 is 0 Å². The molecule has 1 unspecified atom stereocenters. The summed E-state index contributed by atoms with van der Waals surface area (Å²) in [5.41, 5.74) is 1.03. The average Bonchev–Trinajstić information content (AvgIpc) is 2.54. The Morgan fingerprint density at radius 3 is 2.25 bits per heavy atom. The number of likely N-dealkylation sites (tertiary alicyclic amines) is 1. The summed E-state index contributed by atoms with van der Waals surface area (Å²) in [5, 5.41) is 29.1. The lowest BCUT2D eigenvalue weighted by molar-refractivity contribution is -0.118. The van der Waals surface area contributed by atoms with Crippen molar-refractivity contribution in [3.63, 3.8) is 0 Å². The maximum atomic E-state index is 15.2. The second-order valence-corrected chi connectivity index (χ2v) is 7.24. The molecule has 2 aliphatic rings. The SMILES string of the molecule is Cc1ccccc1N1CCC(F)(CN2C[C@@H](O)C(O)[C@@H](O)C2)CC1. The van der Waals surface area contributed by atoms with Crippen LogP contribution >= 0.6 is 0 Å². The molecule has 3 N–H and O–H groups in total. The molecule has 2 heterocycles. The van der Waals surface area contributed by atoms with Gasteiger partial charge < -0.3 is 20.2 Å². The Bertz CT molecular complexity index is 551. The number of halogens is 1. The molecule has 0 amide bonds. The fraction of sp³-hybridized carbons (Fsp3) is 0.667. The molecule has 3 atom stereocenters. The Labute approximate surface area is 142 Å². The first-order valence-corrected chi connectivity index (χ1v) is 8.64. The number of hydrogen-bond donors (Lipinski definition) is 3. The summed E-state index contributed by atoms with van der Waals surface area (Å²) < 4.78 is 15.2. The van der Waals surface area contributed by atoms with E-state index in [-0.39, 0.29) is 19.6 Å². The van der Waals surface area contributed by atoms with Crippen LogP contribution in [-0.4, -0.2) is 76.9 Å². The minimum Gasteiger partial charge on any atom is -0.389 e. The van der Waals surface area contributed by atoms with Crippen molar-refractivity contribution in [3.05, 3.63) is 29.8 Å². The Morgan fingerprint density at radius 1 is 1.08 bits per heavy atom. The fourth-order valence-corrected chi connectivity index (χ4v) is 3.83. The molecule has 0 aliphatic carbocycles. The predicted molar refractivity (Wildman–Crippen MR) is 90.9 cm³/mol. The van der Waals surface area contributed by atoms with E-state index in [9.17, 15) is 15.3 Å². The maximum absolute atomic E-state index is 15.2. The molecule has 0 aromatic heterocycles. The van der Waals surface area contributed by atoms with Crippen molar-refractivity contribution in [2.45, 2.75) is 43.7 Å². The van der Waals surface area contributed by atoms with E-state index in [1.807, 2.05) is 12.1 Å². The number of aliphatic hydroxyl groups is 3. The molecule has 5 nitrogen and oxygen atoms in total. The topological polar surface area (TPSA) is 67.2 Å². The maximum Gasteiger partial charge on any atom is 0.127 e. The van der Waals surface area contributed by atoms with Crippen LogP contribution in [0.15, 0.2) is 24.3 Å². The van der Waals surface area contributed by atoms with Crippen LogP contribution in [0.4, 0.5) is 10.1 Å². The number of anilines is 1. The lowest BCUT2D eigenvalue weighted by atomic mass is 9.90. The Hall–Kier alpha value is -1.21. The Kier molecular flexibility index (Phi) is 5.11. The van der Waals surface area contributed by atoms with Gasteiger partial charge in [0.2, 0.25) is 0 Å². The van der Waals surface area contributed by atoms with E-state index in [1.54, 1.807) is 4.90 Å². The third-order valence-electron chi connectivity index (χ3n) is 5.30. The fourth-order valence-electron chi connectivity index (χ4n) is 3.83. The smallest absolute Gasteiger partial charge is 0.127 e. The number of benzene rings is 1. The molecule has 134 valence electrons. The van der Waals surface area contributed by atoms with Crippen LogP contribution in [-0.2, 0) is 0 Å². The highest BCUT2D eigenvalue weighted by Crippen LogP contribution is 2.32. The van der Waals surface area contributed by atoms with Crippen LogP contribution in [0.5, 0.6) is 0 Å². The molecule has 2 fully saturated rings. The zero-order valence-corrected chi connectivity index (χ0v) is 14.1. The standard InChI is InChI=1S/C18H27FN2O3/c1-13-4-2-3-5-14(13)21-8-6-18(19,7-9-21)12-20-10-15(22)17(24)16(23)11-20/h2-5,15-17,22-24H,6-12H2,1H3/t15-,16+,17?. The van der Waals surface area contributed by atoms with Crippen LogP contribution in [0.25, 0.3) is 0 Å². The zero-order chi connectivity index (χ0) is 17.3. The summed E-state index contributed by atoms with van der Waals surface area (Å²) >= 11 is 0. The zero-order valence-electron chi connectivity index (χ0n) is 14.1. The number of para-hydroxylation sites is 1. The van der Waals surface area contributed by atoms with Crippen molar-refractivity contribution in [1.82, 2.24) is 4.90 Å². The molecule has 0 bridgehead atoms. The first-order chi connectivity index (χ1) is 11.4. The molecule has 24 heavy (non-hydrogen) atoms. The summed E-state index contributed by atoms with van der Waals surface area (Å²) in [6, 6.07) is 8.14. The number of aliphatic hydroxyl groups excluding tert-OH is 3. The number of rotatable bonds is 3. The number of nitrogens with zero attached hydrogens (tertiary/aromatic N) is 2. The monoisotopic (exact) mass is 338 g/mol. The van der Waals surface area contributed by atoms with Crippen LogP contribution in [0, 0.1) is 6.92 Å². The summed E-state index contributed by atoms with van der Waals surface area (Å²) in [6.07, 6.45) is -2.34. The molecule has 1 aromatic rings. The number of β-amino-alcohol motifs (C(OH)–C–C–N with tert-alkyl or cyclic N) is 2. The number of alkyl halides is 1. The molecule has 6 heteroatoms. The largest absolute Gasteiger partial charge is 0.389 e. The van der Waals surface area contributed by atoms with Gasteiger partial charge in [0.15, 0.2) is 0 Å². The lowest BCUT2D eigenvalue weighted by Crippen LogP contribution is -2.58. The highest BCUT2D eigenvalue weighted by Gasteiger charge is 2.40. The molecule has 0 radical (unpaired) electrons. The number of aryl methyl sites for hydroxylation is 1. The first-order valence-electron chi connectivity index (χ1n) is 8.64. The first kappa shape index (κ1) is 17.6. The lowest BCUT2D eigenvalue weighted by Gasteiger charge is -2.43. The van der Waals surface area contributed by atoms with Crippen LogP contribution in [0.3, 0.4) is 0 Å². The van der Waals surface area contributed by atoms with Crippen LogP contribution < -0.4 is 4.90 Å². The van der Waals surface area contributed by atoms with Crippen molar-refractivity contribution in [2.24, 2.45) is 0 Å². The molecule has 3 rings (SSSR count). The third kappa shape index (κ3) is 3.72. The van der Waals surface area contributed by atoms with Gasteiger partial charge in [-0.1, -0.05) is 18.2 Å². The molecule has 0 spiro atoms. The summed E-state index contributed by atoms with van der Waals surface area (Å²) in [4.78, 5) is 3.95. The van der Waals surface area contributed by atoms with E-state index < -0.39 is 24.0 Å². The Balaban J connectivity index is 1.58. The number of hydrogen-bond acceptors (Lipinski definition) is 5. The van der Waals surface area contributed by atoms with Gasteiger partial charge in [-0.05, 0) is 18.6 Å². The van der Waals surface area contributed by atoms with E-state index in [2.05, 4.69) is 24.0 Å². The molecule has 1 aromatic carbocycles. The second kappa shape index (κ2) is 6.96. The van der Waals surface area contributed by atoms with E-state index in [4.69, 9.17) is 0 Å². The van der Waals surface area contributed by atoms with Crippen molar-refractivity contribution >= 4 is 5.69 Å². The van der Waals surface area contributed by atoms with Crippen molar-refractivity contribution in [3.8, 4) is 0 Å². The van der Waals surface area contributed by atoms with E-state index in [0.29, 0.717) is 25.9 Å². The summed E-state index contributed by atoms with van der Waals surface area (Å²) in [7, 11) is 0. The molecule has 0 saturated carbocycles. The molecule has 2 aliphatic heterocycles. The highest BCUT2D eigenvalue weighted by molar-refractivity contribution is 5.53. The van der Waals surface area contributed by atoms with Gasteiger partial charge in [-0.3, -0.25) is 4.90 Å². The minimum absolute atomic E-state index is 0.190. The van der Waals surface area contributed by atoms with E-state index >= 15 is 4.39 Å². The van der Waals surface area contributed by atoms with Gasteiger partial charge in [-0.15, -0.1) is 0 Å². The minimum atomic E-state index is -1.32. The van der Waals surface area contributed by atoms with E-state index in [1.165, 1.54) is 5.56 Å². The van der Waals surface area contributed by atoms with Crippen LogP contribution in [0.1, 0.15) is 18.4 Å². The van der Waals surface area contributed by atoms with Gasteiger partial charge in [0.25, 0.3) is 0 Å². The second-order valence-electron chi connectivity index (χ2n) is 7.24. The van der Waals surface area contributed by atoms with Gasteiger partial charge in [-0.2, -0.15) is 0 Å². The van der Waals surface area contributed by atoms with Gasteiger partial charge in [0, 0.05) is 51.3 Å². The quantitative estimate of drug-likeness (QED) is 0.757. The highest BCUT2D eigenvalue weighted by atomic mass is 19.1. The average molecular weight is 338 g/mol. The number of piperidine rings is 2. The Morgan fingerprint density at radius 2 is 1.67 bits per heavy atom. The molecular weight excluding hydrogens is 311 g/mol. The van der Waals surface area contributed by atoms with Crippen molar-refractivity contribution in [2.75, 3.05) is 37.6 Å².